The van der Waals surface area contributed by atoms with E-state index >= 15 is 0 Å². The van der Waals surface area contributed by atoms with E-state index in [1.165, 1.54) is 24.2 Å². The fourth-order valence-corrected chi connectivity index (χ4v) is 3.38. The Morgan fingerprint density at radius 3 is 2.86 bits per heavy atom. The molecule has 2 heterocycles. The second-order valence-electron chi connectivity index (χ2n) is 4.83. The number of unbranched alkanes of at least 4 members (excludes halogenated alkanes) is 2. The third-order valence-corrected chi connectivity index (χ3v) is 4.76. The number of thioether (sulfide) groups is 1. The molecule has 2 rings (SSSR count). The van der Waals surface area contributed by atoms with E-state index in [1.807, 2.05) is 0 Å². The Balaban J connectivity index is 2.15. The molecule has 0 saturated carbocycles. The van der Waals surface area contributed by atoms with Crippen LogP contribution in [0.4, 0.5) is 10.9 Å². The number of rotatable bonds is 9. The topological polar surface area (TPSA) is 117 Å². The van der Waals surface area contributed by atoms with Crippen molar-refractivity contribution in [3.05, 3.63) is 0 Å². The molecule has 0 radical (unpaired) electrons. The number of nitrogens with zero attached hydrogens (tertiary/aromatic N) is 3. The molecule has 1 unspecified atom stereocenters. The van der Waals surface area contributed by atoms with Gasteiger partial charge in [0.05, 0.1) is 12.7 Å². The lowest BCUT2D eigenvalue weighted by molar-refractivity contribution is 0.105. The molecule has 0 spiro atoms. The minimum atomic E-state index is -0.837. The van der Waals surface area contributed by atoms with Gasteiger partial charge >= 0.3 is 0 Å². The second-order valence-corrected chi connectivity index (χ2v) is 6.93. The normalized spacial score (nSPS) is 12.7. The maximum atomic E-state index is 9.47. The van der Waals surface area contributed by atoms with Crippen LogP contribution in [-0.2, 0) is 0 Å². The standard InChI is InChI=1S/C13H21N5O2S2/c1-2-3-4-5-21-13-17-10(15-6-8(20)7-19)9-11(18-13)16-12(14)22-9/h8,19-20H,2-7H2,1H3,(H3,14,15,16,17,18). The molecular formula is C13H21N5O2S2. The zero-order chi connectivity index (χ0) is 15.9. The molecular weight excluding hydrogens is 322 g/mol. The summed E-state index contributed by atoms with van der Waals surface area (Å²) in [7, 11) is 0. The average molecular weight is 343 g/mol. The van der Waals surface area contributed by atoms with E-state index in [1.54, 1.807) is 11.8 Å². The molecule has 0 aliphatic rings. The molecule has 122 valence electrons. The lowest BCUT2D eigenvalue weighted by Crippen LogP contribution is -2.23. The number of aliphatic hydroxyl groups excluding tert-OH is 2. The van der Waals surface area contributed by atoms with E-state index in [4.69, 9.17) is 10.8 Å². The zero-order valence-corrected chi connectivity index (χ0v) is 14.1. The molecule has 0 fully saturated rings. The number of nitrogen functional groups attached to an aromatic ring is 1. The molecule has 0 amide bonds. The Labute approximate surface area is 137 Å². The van der Waals surface area contributed by atoms with E-state index in [0.717, 1.165) is 16.9 Å². The Bertz CT molecular complexity index is 607. The van der Waals surface area contributed by atoms with E-state index < -0.39 is 6.10 Å². The maximum Gasteiger partial charge on any atom is 0.191 e. The van der Waals surface area contributed by atoms with Crippen molar-refractivity contribution in [2.45, 2.75) is 37.4 Å². The highest BCUT2D eigenvalue weighted by atomic mass is 32.2. The van der Waals surface area contributed by atoms with Gasteiger partial charge in [-0.05, 0) is 6.42 Å². The highest BCUT2D eigenvalue weighted by Crippen LogP contribution is 2.30. The van der Waals surface area contributed by atoms with Gasteiger partial charge in [-0.3, -0.25) is 0 Å². The minimum Gasteiger partial charge on any atom is -0.394 e. The molecule has 2 aromatic heterocycles. The predicted octanol–water partition coefficient (Wildman–Crippen LogP) is 1.72. The maximum absolute atomic E-state index is 9.47. The fraction of sp³-hybridized carbons (Fsp3) is 0.615. The van der Waals surface area contributed by atoms with Gasteiger partial charge in [0, 0.05) is 12.3 Å². The van der Waals surface area contributed by atoms with Crippen LogP contribution < -0.4 is 11.1 Å². The number of anilines is 2. The van der Waals surface area contributed by atoms with Gasteiger partial charge < -0.3 is 21.3 Å². The van der Waals surface area contributed by atoms with Gasteiger partial charge in [0.1, 0.15) is 4.70 Å². The number of hydrogen-bond donors (Lipinski definition) is 4. The fourth-order valence-electron chi connectivity index (χ4n) is 1.80. The van der Waals surface area contributed by atoms with Crippen LogP contribution in [0.2, 0.25) is 0 Å². The molecule has 2 aromatic rings. The lowest BCUT2D eigenvalue weighted by Gasteiger charge is -2.10. The van der Waals surface area contributed by atoms with Crippen molar-refractivity contribution in [3.8, 4) is 0 Å². The van der Waals surface area contributed by atoms with E-state index in [9.17, 15) is 5.11 Å². The van der Waals surface area contributed by atoms with Crippen LogP contribution in [0.1, 0.15) is 26.2 Å². The summed E-state index contributed by atoms with van der Waals surface area (Å²) in [6, 6.07) is 0. The van der Waals surface area contributed by atoms with Crippen molar-refractivity contribution in [2.75, 3.05) is 30.0 Å². The largest absolute Gasteiger partial charge is 0.394 e. The van der Waals surface area contributed by atoms with Crippen LogP contribution in [0, 0.1) is 0 Å². The molecule has 5 N–H and O–H groups in total. The molecule has 7 nitrogen and oxygen atoms in total. The zero-order valence-electron chi connectivity index (χ0n) is 12.4. The molecule has 1 atom stereocenters. The Morgan fingerprint density at radius 1 is 1.32 bits per heavy atom. The number of nitrogens with two attached hydrogens (primary N) is 1. The first-order valence-electron chi connectivity index (χ1n) is 7.23. The van der Waals surface area contributed by atoms with E-state index in [2.05, 4.69) is 27.2 Å². The molecule has 0 saturated heterocycles. The smallest absolute Gasteiger partial charge is 0.191 e. The minimum absolute atomic E-state index is 0.209. The first kappa shape index (κ1) is 17.2. The number of nitrogens with one attached hydrogen (secondary N) is 1. The van der Waals surface area contributed by atoms with Crippen LogP contribution >= 0.6 is 23.1 Å². The summed E-state index contributed by atoms with van der Waals surface area (Å²) in [6.07, 6.45) is 2.64. The number of hydrogen-bond acceptors (Lipinski definition) is 9. The lowest BCUT2D eigenvalue weighted by atomic mass is 10.3. The summed E-state index contributed by atoms with van der Waals surface area (Å²) in [6.45, 7) is 2.07. The molecule has 22 heavy (non-hydrogen) atoms. The predicted molar refractivity (Wildman–Crippen MR) is 91.5 cm³/mol. The van der Waals surface area contributed by atoms with E-state index in [-0.39, 0.29) is 13.2 Å². The summed E-state index contributed by atoms with van der Waals surface area (Å²) in [5, 5.41) is 22.5. The van der Waals surface area contributed by atoms with Crippen molar-refractivity contribution in [2.24, 2.45) is 0 Å². The summed E-state index contributed by atoms with van der Waals surface area (Å²) in [5.74, 6) is 1.56. The molecule has 0 aliphatic heterocycles. The van der Waals surface area contributed by atoms with Gasteiger partial charge in [-0.2, -0.15) is 0 Å². The molecule has 0 bridgehead atoms. The summed E-state index contributed by atoms with van der Waals surface area (Å²) in [5.41, 5.74) is 6.31. The van der Waals surface area contributed by atoms with Crippen molar-refractivity contribution in [1.82, 2.24) is 15.0 Å². The van der Waals surface area contributed by atoms with Crippen LogP contribution in [0.5, 0.6) is 0 Å². The number of thiazole rings is 1. The second kappa shape index (κ2) is 8.47. The van der Waals surface area contributed by atoms with Gasteiger partial charge in [0.15, 0.2) is 21.8 Å². The molecule has 0 aromatic carbocycles. The van der Waals surface area contributed by atoms with Gasteiger partial charge in [0.25, 0.3) is 0 Å². The SMILES string of the molecule is CCCCCSc1nc(NCC(O)CO)c2sc(N)nc2n1. The third kappa shape index (κ3) is 4.67. The first-order valence-corrected chi connectivity index (χ1v) is 9.04. The van der Waals surface area contributed by atoms with Crippen LogP contribution in [0.15, 0.2) is 5.16 Å². The van der Waals surface area contributed by atoms with Gasteiger partial charge in [0.2, 0.25) is 0 Å². The van der Waals surface area contributed by atoms with Crippen LogP contribution in [0.3, 0.4) is 0 Å². The van der Waals surface area contributed by atoms with E-state index in [0.29, 0.717) is 21.8 Å². The molecule has 0 aliphatic carbocycles. The highest BCUT2D eigenvalue weighted by Gasteiger charge is 2.13. The highest BCUT2D eigenvalue weighted by molar-refractivity contribution is 7.99. The number of aromatic nitrogens is 3. The number of aliphatic hydroxyl groups is 2. The Hall–Kier alpha value is -1.16. The average Bonchev–Trinajstić information content (AvgIpc) is 2.89. The quantitative estimate of drug-likeness (QED) is 0.309. The Morgan fingerprint density at radius 2 is 2.14 bits per heavy atom. The number of fused-ring (bicyclic) bond motifs is 1. The summed E-state index contributed by atoms with van der Waals surface area (Å²) >= 11 is 2.89. The monoisotopic (exact) mass is 343 g/mol. The first-order chi connectivity index (χ1) is 10.6. The molecule has 9 heteroatoms. The van der Waals surface area contributed by atoms with Crippen molar-refractivity contribution in [1.29, 1.82) is 0 Å². The summed E-state index contributed by atoms with van der Waals surface area (Å²) < 4.78 is 0.764. The van der Waals surface area contributed by atoms with Crippen molar-refractivity contribution < 1.29 is 10.2 Å². The van der Waals surface area contributed by atoms with Gasteiger partial charge in [-0.25, -0.2) is 15.0 Å². The van der Waals surface area contributed by atoms with Crippen LogP contribution in [-0.4, -0.2) is 50.2 Å². The van der Waals surface area contributed by atoms with Crippen molar-refractivity contribution in [3.63, 3.8) is 0 Å². The van der Waals surface area contributed by atoms with Gasteiger partial charge in [-0.15, -0.1) is 0 Å². The van der Waals surface area contributed by atoms with Gasteiger partial charge in [-0.1, -0.05) is 42.9 Å². The summed E-state index contributed by atoms with van der Waals surface area (Å²) in [4.78, 5) is 13.1. The Kier molecular flexibility index (Phi) is 6.62. The third-order valence-electron chi connectivity index (χ3n) is 2.94. The van der Waals surface area contributed by atoms with Crippen molar-refractivity contribution >= 4 is 44.4 Å². The van der Waals surface area contributed by atoms with Crippen LogP contribution in [0.25, 0.3) is 10.3 Å².